The predicted octanol–water partition coefficient (Wildman–Crippen LogP) is -1.14. The number of nitrogens with zero attached hydrogens (tertiary/aromatic N) is 1. The molecule has 0 spiro atoms. The third-order valence-electron chi connectivity index (χ3n) is 3.76. The molecule has 1 aliphatic heterocycles. The molecule has 2 rings (SSSR count). The second kappa shape index (κ2) is 8.38. The molecule has 0 saturated carbocycles. The minimum Gasteiger partial charge on any atom is -0.394 e. The number of methoxy groups -OCH3 is 1. The van der Waals surface area contributed by atoms with Gasteiger partial charge in [-0.25, -0.2) is 4.79 Å². The average molecular weight is 391 g/mol. The van der Waals surface area contributed by atoms with Gasteiger partial charge in [0.1, 0.15) is 17.9 Å². The summed E-state index contributed by atoms with van der Waals surface area (Å²) in [6.07, 6.45) is -5.68. The molecule has 12 heteroatoms. The van der Waals surface area contributed by atoms with Gasteiger partial charge in [0.2, 0.25) is 0 Å². The highest BCUT2D eigenvalue weighted by Gasteiger charge is 2.38. The zero-order valence-electron chi connectivity index (χ0n) is 14.0. The van der Waals surface area contributed by atoms with Crippen LogP contribution in [0.2, 0.25) is 0 Å². The lowest BCUT2D eigenvalue weighted by atomic mass is 10.2. The fourth-order valence-corrected chi connectivity index (χ4v) is 2.44. The second-order valence-electron chi connectivity index (χ2n) is 5.51. The van der Waals surface area contributed by atoms with Gasteiger partial charge >= 0.3 is 17.8 Å². The third kappa shape index (κ3) is 4.97. The number of halogens is 3. The van der Waals surface area contributed by atoms with Gasteiger partial charge in [-0.3, -0.25) is 19.1 Å². The Labute approximate surface area is 150 Å². The Morgan fingerprint density at radius 2 is 2.22 bits per heavy atom. The van der Waals surface area contributed by atoms with Crippen LogP contribution in [0, 0.1) is 11.8 Å². The first-order chi connectivity index (χ1) is 12.7. The smallest absolute Gasteiger partial charge is 0.394 e. The van der Waals surface area contributed by atoms with Crippen LogP contribution in [-0.2, 0) is 14.3 Å². The first kappa shape index (κ1) is 20.7. The van der Waals surface area contributed by atoms with E-state index in [4.69, 9.17) is 9.47 Å². The number of aliphatic hydroxyl groups excluding tert-OH is 1. The first-order valence-corrected chi connectivity index (χ1v) is 7.65. The molecule has 27 heavy (non-hydrogen) atoms. The lowest BCUT2D eigenvalue weighted by Crippen LogP contribution is -2.37. The molecule has 3 N–H and O–H groups in total. The van der Waals surface area contributed by atoms with Crippen molar-refractivity contribution in [1.82, 2.24) is 14.9 Å². The van der Waals surface area contributed by atoms with Gasteiger partial charge in [0.05, 0.1) is 19.3 Å². The monoisotopic (exact) mass is 391 g/mol. The van der Waals surface area contributed by atoms with Crippen LogP contribution in [-0.4, -0.2) is 59.2 Å². The molecule has 0 radical (unpaired) electrons. The maximum atomic E-state index is 12.1. The van der Waals surface area contributed by atoms with Gasteiger partial charge in [-0.2, -0.15) is 13.2 Å². The Bertz CT molecular complexity index is 855. The molecule has 148 valence electrons. The molecule has 1 saturated heterocycles. The number of alkyl halides is 3. The van der Waals surface area contributed by atoms with Crippen LogP contribution in [0.3, 0.4) is 0 Å². The van der Waals surface area contributed by atoms with Crippen LogP contribution >= 0.6 is 0 Å². The van der Waals surface area contributed by atoms with Gasteiger partial charge in [-0.1, -0.05) is 11.8 Å². The molecule has 1 aromatic rings. The van der Waals surface area contributed by atoms with Gasteiger partial charge in [-0.15, -0.1) is 0 Å². The van der Waals surface area contributed by atoms with Crippen molar-refractivity contribution >= 4 is 5.91 Å². The zero-order chi connectivity index (χ0) is 20.2. The van der Waals surface area contributed by atoms with Crippen LogP contribution in [0.15, 0.2) is 15.8 Å². The van der Waals surface area contributed by atoms with Crippen LogP contribution in [0.4, 0.5) is 13.2 Å². The van der Waals surface area contributed by atoms with Crippen molar-refractivity contribution in [3.05, 3.63) is 32.6 Å². The van der Waals surface area contributed by atoms with Gasteiger partial charge in [0.15, 0.2) is 0 Å². The predicted molar refractivity (Wildman–Crippen MR) is 83.7 cm³/mol. The van der Waals surface area contributed by atoms with E-state index in [1.165, 1.54) is 12.4 Å². The number of carbonyl (C=O) groups is 1. The number of amides is 1. The maximum Gasteiger partial charge on any atom is 0.471 e. The maximum absolute atomic E-state index is 12.1. The minimum atomic E-state index is -5.03. The first-order valence-electron chi connectivity index (χ1n) is 7.65. The van der Waals surface area contributed by atoms with Crippen LogP contribution in [0.25, 0.3) is 0 Å². The molecule has 1 amide bonds. The van der Waals surface area contributed by atoms with Crippen LogP contribution < -0.4 is 16.6 Å². The van der Waals surface area contributed by atoms with Crippen molar-refractivity contribution < 1.29 is 32.5 Å². The zero-order valence-corrected chi connectivity index (χ0v) is 14.0. The number of aromatic nitrogens is 2. The normalized spacial score (nSPS) is 22.2. The Hall–Kier alpha value is -2.62. The summed E-state index contributed by atoms with van der Waals surface area (Å²) in [5.41, 5.74) is -1.83. The number of rotatable bonds is 4. The molecule has 3 atom stereocenters. The van der Waals surface area contributed by atoms with Gasteiger partial charge in [0, 0.05) is 19.7 Å². The molecule has 2 heterocycles. The molecule has 9 nitrogen and oxygen atoms in total. The van der Waals surface area contributed by atoms with Crippen molar-refractivity contribution in [1.29, 1.82) is 0 Å². The van der Waals surface area contributed by atoms with Crippen molar-refractivity contribution in [3.63, 3.8) is 0 Å². The standard InChI is InChI=1S/C15H16F3N3O6/c1-26-9-5-11(27-10(9)7-22)21-6-8(12(23)20-14(21)25)3-2-4-19-13(24)15(16,17)18/h6,9-11,22H,4-5,7H2,1H3,(H,19,24)(H,20,23,25)/t9?,10-,11?/m1/s1. The summed E-state index contributed by atoms with van der Waals surface area (Å²) < 4.78 is 47.9. The van der Waals surface area contributed by atoms with Crippen molar-refractivity contribution in [2.45, 2.75) is 31.0 Å². The summed E-state index contributed by atoms with van der Waals surface area (Å²) in [7, 11) is 1.42. The summed E-state index contributed by atoms with van der Waals surface area (Å²) in [4.78, 5) is 36.5. The number of H-pyrrole nitrogens is 1. The Morgan fingerprint density at radius 1 is 1.52 bits per heavy atom. The fraction of sp³-hybridized carbons (Fsp3) is 0.533. The third-order valence-corrected chi connectivity index (χ3v) is 3.76. The number of nitrogens with one attached hydrogen (secondary N) is 2. The minimum absolute atomic E-state index is 0.208. The van der Waals surface area contributed by atoms with E-state index >= 15 is 0 Å². The number of aromatic amines is 1. The molecule has 2 unspecified atom stereocenters. The quantitative estimate of drug-likeness (QED) is 0.558. The molecular formula is C15H16F3N3O6. The largest absolute Gasteiger partial charge is 0.471 e. The summed E-state index contributed by atoms with van der Waals surface area (Å²) >= 11 is 0. The van der Waals surface area contributed by atoms with E-state index < -0.39 is 48.3 Å². The molecule has 0 bridgehead atoms. The molecule has 1 fully saturated rings. The summed E-state index contributed by atoms with van der Waals surface area (Å²) in [5, 5.41) is 10.8. The average Bonchev–Trinajstić information content (AvgIpc) is 3.02. The second-order valence-corrected chi connectivity index (χ2v) is 5.51. The highest BCUT2D eigenvalue weighted by Crippen LogP contribution is 2.29. The number of ether oxygens (including phenoxy) is 2. The van der Waals surface area contributed by atoms with Gasteiger partial charge in [0.25, 0.3) is 5.56 Å². The van der Waals surface area contributed by atoms with Crippen molar-refractivity contribution in [2.75, 3.05) is 20.3 Å². The molecular weight excluding hydrogens is 375 g/mol. The van der Waals surface area contributed by atoms with Crippen LogP contribution in [0.5, 0.6) is 0 Å². The Kier molecular flexibility index (Phi) is 6.42. The lowest BCUT2D eigenvalue weighted by molar-refractivity contribution is -0.173. The van der Waals surface area contributed by atoms with E-state index in [1.807, 2.05) is 4.98 Å². The van der Waals surface area contributed by atoms with E-state index in [-0.39, 0.29) is 18.6 Å². The van der Waals surface area contributed by atoms with E-state index in [1.54, 1.807) is 0 Å². The van der Waals surface area contributed by atoms with E-state index in [0.717, 1.165) is 10.8 Å². The summed E-state index contributed by atoms with van der Waals surface area (Å²) in [6.45, 7) is -0.978. The highest BCUT2D eigenvalue weighted by molar-refractivity contribution is 5.81. The highest BCUT2D eigenvalue weighted by atomic mass is 19.4. The van der Waals surface area contributed by atoms with Crippen molar-refractivity contribution in [3.8, 4) is 11.8 Å². The van der Waals surface area contributed by atoms with E-state index in [9.17, 15) is 32.7 Å². The summed E-state index contributed by atoms with van der Waals surface area (Å²) in [5.74, 6) is 2.33. The molecule has 0 aliphatic carbocycles. The van der Waals surface area contributed by atoms with E-state index in [0.29, 0.717) is 0 Å². The topological polar surface area (TPSA) is 123 Å². The summed E-state index contributed by atoms with van der Waals surface area (Å²) in [6, 6.07) is 0. The van der Waals surface area contributed by atoms with Crippen molar-refractivity contribution in [2.24, 2.45) is 0 Å². The molecule has 1 aromatic heterocycles. The van der Waals surface area contributed by atoms with E-state index in [2.05, 4.69) is 11.8 Å². The fourth-order valence-electron chi connectivity index (χ4n) is 2.44. The SMILES string of the molecule is COC1CC(n2cc(C#CCNC(=O)C(F)(F)F)c(=O)[nH]c2=O)O[C@@H]1CO. The molecule has 1 aliphatic rings. The number of aliphatic hydroxyl groups is 1. The van der Waals surface area contributed by atoms with Crippen LogP contribution in [0.1, 0.15) is 18.2 Å². The number of carbonyl (C=O) groups excluding carboxylic acids is 1. The number of hydrogen-bond donors (Lipinski definition) is 3. The Balaban J connectivity index is 2.18. The van der Waals surface area contributed by atoms with Gasteiger partial charge < -0.3 is 19.9 Å². The molecule has 0 aromatic carbocycles. The Morgan fingerprint density at radius 3 is 2.78 bits per heavy atom. The number of hydrogen-bond acceptors (Lipinski definition) is 6. The lowest BCUT2D eigenvalue weighted by Gasteiger charge is -2.14. The van der Waals surface area contributed by atoms with Gasteiger partial charge in [-0.05, 0) is 0 Å².